The molecule has 0 fully saturated rings. The van der Waals surface area contributed by atoms with E-state index in [9.17, 15) is 8.78 Å². The van der Waals surface area contributed by atoms with Gasteiger partial charge >= 0.3 is 0 Å². The fraction of sp³-hybridized carbons (Fsp3) is 0.529. The number of hydrogen-bond acceptors (Lipinski definition) is 3. The lowest BCUT2D eigenvalue weighted by atomic mass is 10.0. The van der Waals surface area contributed by atoms with E-state index in [0.717, 1.165) is 24.2 Å². The summed E-state index contributed by atoms with van der Waals surface area (Å²) in [5.41, 5.74) is 2.79. The number of benzene rings is 1. The van der Waals surface area contributed by atoms with E-state index in [1.165, 1.54) is 0 Å². The second-order valence-corrected chi connectivity index (χ2v) is 5.82. The number of ether oxygens (including phenoxy) is 1. The number of likely N-dealkylation sites (N-methyl/N-ethyl adjacent to an activating group) is 1. The van der Waals surface area contributed by atoms with E-state index >= 15 is 0 Å². The van der Waals surface area contributed by atoms with Crippen molar-refractivity contribution in [2.75, 3.05) is 13.6 Å². The molecule has 22 heavy (non-hydrogen) atoms. The molecule has 1 unspecified atom stereocenters. The Labute approximate surface area is 130 Å². The lowest BCUT2D eigenvalue weighted by Crippen LogP contribution is -2.22. The van der Waals surface area contributed by atoms with Gasteiger partial charge in [0, 0.05) is 18.7 Å². The zero-order valence-electron chi connectivity index (χ0n) is 13.3. The maximum absolute atomic E-state index is 12.7. The number of alkyl halides is 2. The molecule has 0 saturated heterocycles. The smallest absolute Gasteiger partial charge is 0.242 e. The molecule has 0 aromatic heterocycles. The summed E-state index contributed by atoms with van der Waals surface area (Å²) in [5.74, 6) is 0.566. The maximum atomic E-state index is 12.7. The fourth-order valence-electron chi connectivity index (χ4n) is 2.62. The molecular formula is C17H24F2N2O. The third-order valence-electron chi connectivity index (χ3n) is 3.56. The second-order valence-electron chi connectivity index (χ2n) is 5.82. The first-order valence-corrected chi connectivity index (χ1v) is 7.67. The van der Waals surface area contributed by atoms with Crippen molar-refractivity contribution < 1.29 is 13.5 Å². The van der Waals surface area contributed by atoms with Gasteiger partial charge in [-0.25, -0.2) is 8.78 Å². The van der Waals surface area contributed by atoms with Gasteiger partial charge in [-0.3, -0.25) is 0 Å². The van der Waals surface area contributed by atoms with Crippen LogP contribution in [0, 0.1) is 0 Å². The van der Waals surface area contributed by atoms with Gasteiger partial charge in [-0.15, -0.1) is 0 Å². The SMILES string of the molecule is CNCC1=CCC(c2ccc(CC(F)F)c(OC(C)C)c2)N1. The molecule has 1 aliphatic rings. The van der Waals surface area contributed by atoms with E-state index in [4.69, 9.17) is 4.74 Å². The summed E-state index contributed by atoms with van der Waals surface area (Å²) in [4.78, 5) is 0. The Morgan fingerprint density at radius 2 is 2.14 bits per heavy atom. The van der Waals surface area contributed by atoms with Crippen molar-refractivity contribution in [2.45, 2.75) is 45.3 Å². The van der Waals surface area contributed by atoms with Gasteiger partial charge in [0.05, 0.1) is 12.1 Å². The maximum Gasteiger partial charge on any atom is 0.242 e. The first kappa shape index (κ1) is 16.7. The molecule has 0 aliphatic carbocycles. The lowest BCUT2D eigenvalue weighted by Gasteiger charge is -2.19. The van der Waals surface area contributed by atoms with Crippen LogP contribution < -0.4 is 15.4 Å². The Kier molecular flexibility index (Phi) is 5.77. The molecule has 0 radical (unpaired) electrons. The predicted molar refractivity (Wildman–Crippen MR) is 84.4 cm³/mol. The molecule has 2 rings (SSSR count). The van der Waals surface area contributed by atoms with Gasteiger partial charge in [0.2, 0.25) is 6.43 Å². The number of halogens is 2. The largest absolute Gasteiger partial charge is 0.491 e. The van der Waals surface area contributed by atoms with Crippen molar-refractivity contribution in [2.24, 2.45) is 0 Å². The average molecular weight is 310 g/mol. The van der Waals surface area contributed by atoms with Gasteiger partial charge in [-0.05, 0) is 44.5 Å². The normalized spacial score (nSPS) is 17.8. The van der Waals surface area contributed by atoms with Crippen LogP contribution in [0.2, 0.25) is 0 Å². The van der Waals surface area contributed by atoms with Gasteiger partial charge in [-0.2, -0.15) is 0 Å². The standard InChI is InChI=1S/C17H24F2N2O/c1-11(2)22-16-8-12(4-5-13(16)9-17(18)19)15-7-6-14(21-15)10-20-3/h4-6,8,11,15,17,20-21H,7,9-10H2,1-3H3. The summed E-state index contributed by atoms with van der Waals surface area (Å²) in [6.07, 6.45) is 0.378. The van der Waals surface area contributed by atoms with Gasteiger partial charge in [0.15, 0.2) is 0 Å². The molecule has 1 aliphatic heterocycles. The minimum Gasteiger partial charge on any atom is -0.491 e. The molecular weight excluding hydrogens is 286 g/mol. The average Bonchev–Trinajstić information content (AvgIpc) is 2.88. The Morgan fingerprint density at radius 3 is 2.77 bits per heavy atom. The van der Waals surface area contributed by atoms with Crippen LogP contribution in [0.3, 0.4) is 0 Å². The summed E-state index contributed by atoms with van der Waals surface area (Å²) in [6, 6.07) is 5.75. The van der Waals surface area contributed by atoms with Crippen LogP contribution in [-0.4, -0.2) is 26.1 Å². The minimum atomic E-state index is -2.37. The first-order chi connectivity index (χ1) is 10.5. The first-order valence-electron chi connectivity index (χ1n) is 7.67. The highest BCUT2D eigenvalue weighted by Gasteiger charge is 2.20. The molecule has 2 N–H and O–H groups in total. The Morgan fingerprint density at radius 1 is 1.36 bits per heavy atom. The van der Waals surface area contributed by atoms with E-state index in [0.29, 0.717) is 11.3 Å². The van der Waals surface area contributed by atoms with Crippen LogP contribution in [-0.2, 0) is 6.42 Å². The van der Waals surface area contributed by atoms with Crippen molar-refractivity contribution in [3.05, 3.63) is 41.1 Å². The van der Waals surface area contributed by atoms with Crippen LogP contribution in [0.5, 0.6) is 5.75 Å². The Hall–Kier alpha value is -1.62. The molecule has 1 aromatic carbocycles. The molecule has 0 bridgehead atoms. The van der Waals surface area contributed by atoms with Gasteiger partial charge in [0.1, 0.15) is 5.75 Å². The highest BCUT2D eigenvalue weighted by molar-refractivity contribution is 5.40. The zero-order valence-corrected chi connectivity index (χ0v) is 13.3. The van der Waals surface area contributed by atoms with Crippen LogP contribution >= 0.6 is 0 Å². The zero-order chi connectivity index (χ0) is 16.1. The third kappa shape index (κ3) is 4.44. The van der Waals surface area contributed by atoms with Crippen molar-refractivity contribution in [1.29, 1.82) is 0 Å². The van der Waals surface area contributed by atoms with Gasteiger partial charge in [0.25, 0.3) is 0 Å². The van der Waals surface area contributed by atoms with E-state index in [1.807, 2.05) is 33.0 Å². The monoisotopic (exact) mass is 310 g/mol. The van der Waals surface area contributed by atoms with Crippen molar-refractivity contribution >= 4 is 0 Å². The van der Waals surface area contributed by atoms with Gasteiger partial charge in [-0.1, -0.05) is 18.2 Å². The van der Waals surface area contributed by atoms with Crippen LogP contribution in [0.25, 0.3) is 0 Å². The topological polar surface area (TPSA) is 33.3 Å². The van der Waals surface area contributed by atoms with Crippen LogP contribution in [0.1, 0.15) is 37.4 Å². The second kappa shape index (κ2) is 7.58. The van der Waals surface area contributed by atoms with E-state index in [2.05, 4.69) is 16.7 Å². The number of hydrogen-bond donors (Lipinski definition) is 2. The summed E-state index contributed by atoms with van der Waals surface area (Å²) in [5, 5.41) is 6.55. The summed E-state index contributed by atoms with van der Waals surface area (Å²) in [7, 11) is 1.91. The Bertz CT molecular complexity index is 529. The van der Waals surface area contributed by atoms with E-state index in [-0.39, 0.29) is 18.6 Å². The fourth-order valence-corrected chi connectivity index (χ4v) is 2.62. The molecule has 1 aromatic rings. The number of rotatable bonds is 7. The van der Waals surface area contributed by atoms with Crippen molar-refractivity contribution in [3.63, 3.8) is 0 Å². The van der Waals surface area contributed by atoms with Crippen LogP contribution in [0.4, 0.5) is 8.78 Å². The summed E-state index contributed by atoms with van der Waals surface area (Å²) < 4.78 is 31.1. The molecule has 0 spiro atoms. The van der Waals surface area contributed by atoms with Crippen LogP contribution in [0.15, 0.2) is 30.0 Å². The molecule has 3 nitrogen and oxygen atoms in total. The molecule has 0 amide bonds. The number of nitrogens with one attached hydrogen (secondary N) is 2. The molecule has 5 heteroatoms. The van der Waals surface area contributed by atoms with Gasteiger partial charge < -0.3 is 15.4 Å². The summed E-state index contributed by atoms with van der Waals surface area (Å²) >= 11 is 0. The van der Waals surface area contributed by atoms with E-state index in [1.54, 1.807) is 6.07 Å². The Balaban J connectivity index is 2.16. The molecule has 122 valence electrons. The predicted octanol–water partition coefficient (Wildman–Crippen LogP) is 3.42. The molecule has 0 saturated carbocycles. The third-order valence-corrected chi connectivity index (χ3v) is 3.56. The quantitative estimate of drug-likeness (QED) is 0.809. The highest BCUT2D eigenvalue weighted by Crippen LogP contribution is 2.30. The minimum absolute atomic E-state index is 0.0406. The highest BCUT2D eigenvalue weighted by atomic mass is 19.3. The molecule has 1 atom stereocenters. The van der Waals surface area contributed by atoms with Crippen molar-refractivity contribution in [3.8, 4) is 5.75 Å². The summed E-state index contributed by atoms with van der Waals surface area (Å²) in [6.45, 7) is 4.60. The molecule has 1 heterocycles. The lowest BCUT2D eigenvalue weighted by molar-refractivity contribution is 0.146. The van der Waals surface area contributed by atoms with Crippen molar-refractivity contribution in [1.82, 2.24) is 10.6 Å². The van der Waals surface area contributed by atoms with E-state index < -0.39 is 6.43 Å².